The maximum absolute atomic E-state index is 11.5. The number of aromatic nitrogens is 1. The number of hydrogen-bond acceptors (Lipinski definition) is 3. The first-order valence-corrected chi connectivity index (χ1v) is 4.52. The van der Waals surface area contributed by atoms with E-state index in [0.29, 0.717) is 18.4 Å². The lowest BCUT2D eigenvalue weighted by Gasteiger charge is -1.98. The molecule has 4 heteroatoms. The zero-order valence-electron chi connectivity index (χ0n) is 7.99. The topological polar surface area (TPSA) is 61.2 Å². The van der Waals surface area contributed by atoms with E-state index in [9.17, 15) is 4.79 Å². The molecule has 0 amide bonds. The average Bonchev–Trinajstić information content (AvgIpc) is 2.44. The summed E-state index contributed by atoms with van der Waals surface area (Å²) >= 11 is 0. The molecule has 0 aliphatic carbocycles. The molecule has 1 aromatic carbocycles. The van der Waals surface area contributed by atoms with E-state index in [1.54, 1.807) is 7.05 Å². The zero-order chi connectivity index (χ0) is 10.1. The fourth-order valence-electron chi connectivity index (χ4n) is 1.67. The van der Waals surface area contributed by atoms with Gasteiger partial charge in [0.25, 0.3) is 0 Å². The monoisotopic (exact) mass is 192 g/mol. The lowest BCUT2D eigenvalue weighted by atomic mass is 10.1. The summed E-state index contributed by atoms with van der Waals surface area (Å²) in [5, 5.41) is 0.653. The quantitative estimate of drug-likeness (QED) is 0.759. The van der Waals surface area contributed by atoms with Crippen LogP contribution in [0.4, 0.5) is 0 Å². The lowest BCUT2D eigenvalue weighted by Crippen LogP contribution is -2.05. The Kier molecular flexibility index (Phi) is 2.13. The SMILES string of the molecule is Cn1oc(=O)c2c(CCN)cccc21. The largest absolute Gasteiger partial charge is 0.365 e. The maximum Gasteiger partial charge on any atom is 0.365 e. The Labute approximate surface area is 80.9 Å². The van der Waals surface area contributed by atoms with E-state index in [4.69, 9.17) is 10.3 Å². The number of benzene rings is 1. The molecule has 2 aromatic rings. The van der Waals surface area contributed by atoms with Gasteiger partial charge in [0.1, 0.15) is 0 Å². The molecule has 0 atom stereocenters. The standard InChI is InChI=1S/C10H12N2O2/c1-12-8-4-2-3-7(5-6-11)9(8)10(13)14-12/h2-4H,5-6,11H2,1H3. The Morgan fingerprint density at radius 2 is 2.29 bits per heavy atom. The molecule has 0 aliphatic rings. The number of nitrogens with two attached hydrogens (primary N) is 1. The molecule has 1 heterocycles. The van der Waals surface area contributed by atoms with Gasteiger partial charge in [0.05, 0.1) is 10.9 Å². The summed E-state index contributed by atoms with van der Waals surface area (Å²) in [5.41, 5.74) is 6.96. The third kappa shape index (κ3) is 1.24. The van der Waals surface area contributed by atoms with Crippen LogP contribution in [0.3, 0.4) is 0 Å². The van der Waals surface area contributed by atoms with Crippen molar-refractivity contribution in [3.05, 3.63) is 34.2 Å². The number of nitrogens with zero attached hydrogens (tertiary/aromatic N) is 1. The van der Waals surface area contributed by atoms with Crippen molar-refractivity contribution in [3.63, 3.8) is 0 Å². The first-order chi connectivity index (χ1) is 6.74. The Hall–Kier alpha value is -1.55. The molecular formula is C10H12N2O2. The van der Waals surface area contributed by atoms with Crippen LogP contribution in [0.15, 0.2) is 27.5 Å². The zero-order valence-corrected chi connectivity index (χ0v) is 7.99. The van der Waals surface area contributed by atoms with Crippen molar-refractivity contribution in [2.24, 2.45) is 12.8 Å². The highest BCUT2D eigenvalue weighted by Crippen LogP contribution is 2.15. The van der Waals surface area contributed by atoms with Gasteiger partial charge in [-0.25, -0.2) is 9.53 Å². The lowest BCUT2D eigenvalue weighted by molar-refractivity contribution is 0.296. The minimum absolute atomic E-state index is 0.286. The van der Waals surface area contributed by atoms with Gasteiger partial charge < -0.3 is 10.3 Å². The number of rotatable bonds is 2. The second-order valence-electron chi connectivity index (χ2n) is 3.23. The van der Waals surface area contributed by atoms with E-state index < -0.39 is 0 Å². The maximum atomic E-state index is 11.5. The summed E-state index contributed by atoms with van der Waals surface area (Å²) in [6.45, 7) is 0.535. The summed E-state index contributed by atoms with van der Waals surface area (Å²) in [7, 11) is 1.72. The predicted octanol–water partition coefficient (Wildman–Crippen LogP) is 0.633. The second-order valence-corrected chi connectivity index (χ2v) is 3.23. The van der Waals surface area contributed by atoms with Crippen molar-refractivity contribution in [1.82, 2.24) is 4.74 Å². The molecular weight excluding hydrogens is 180 g/mol. The van der Waals surface area contributed by atoms with Crippen LogP contribution in [0.2, 0.25) is 0 Å². The Balaban J connectivity index is 2.79. The van der Waals surface area contributed by atoms with Crippen LogP contribution in [0.25, 0.3) is 10.9 Å². The average molecular weight is 192 g/mol. The third-order valence-electron chi connectivity index (χ3n) is 2.31. The normalized spacial score (nSPS) is 11.0. The molecule has 74 valence electrons. The molecule has 0 radical (unpaired) electrons. The van der Waals surface area contributed by atoms with Gasteiger partial charge in [0.2, 0.25) is 0 Å². The van der Waals surface area contributed by atoms with Gasteiger partial charge in [-0.2, -0.15) is 0 Å². The van der Waals surface area contributed by atoms with Crippen molar-refractivity contribution in [2.45, 2.75) is 6.42 Å². The van der Waals surface area contributed by atoms with E-state index in [2.05, 4.69) is 0 Å². The first kappa shape index (κ1) is 9.02. The number of aryl methyl sites for hydroxylation is 1. The number of fused-ring (bicyclic) bond motifs is 1. The highest BCUT2D eigenvalue weighted by molar-refractivity contribution is 5.81. The van der Waals surface area contributed by atoms with Crippen LogP contribution >= 0.6 is 0 Å². The van der Waals surface area contributed by atoms with E-state index in [-0.39, 0.29) is 5.63 Å². The van der Waals surface area contributed by atoms with Crippen molar-refractivity contribution >= 4 is 10.9 Å². The minimum Gasteiger partial charge on any atom is -0.336 e. The molecule has 0 saturated heterocycles. The fourth-order valence-corrected chi connectivity index (χ4v) is 1.67. The van der Waals surface area contributed by atoms with Gasteiger partial charge in [-0.1, -0.05) is 12.1 Å². The van der Waals surface area contributed by atoms with Crippen molar-refractivity contribution in [1.29, 1.82) is 0 Å². The van der Waals surface area contributed by atoms with Gasteiger partial charge in [0, 0.05) is 7.05 Å². The predicted molar refractivity (Wildman–Crippen MR) is 54.2 cm³/mol. The minimum atomic E-state index is -0.286. The molecule has 2 rings (SSSR count). The van der Waals surface area contributed by atoms with Gasteiger partial charge in [0.15, 0.2) is 0 Å². The molecule has 0 saturated carbocycles. The summed E-state index contributed by atoms with van der Waals surface area (Å²) < 4.78 is 6.46. The van der Waals surface area contributed by atoms with E-state index in [0.717, 1.165) is 11.1 Å². The van der Waals surface area contributed by atoms with E-state index >= 15 is 0 Å². The van der Waals surface area contributed by atoms with Crippen LogP contribution in [-0.2, 0) is 13.5 Å². The first-order valence-electron chi connectivity index (χ1n) is 4.52. The van der Waals surface area contributed by atoms with Crippen LogP contribution < -0.4 is 11.4 Å². The molecule has 0 spiro atoms. The van der Waals surface area contributed by atoms with Gasteiger partial charge in [-0.05, 0) is 24.6 Å². The smallest absolute Gasteiger partial charge is 0.336 e. The van der Waals surface area contributed by atoms with Gasteiger partial charge in [-0.15, -0.1) is 0 Å². The molecule has 14 heavy (non-hydrogen) atoms. The summed E-state index contributed by atoms with van der Waals surface area (Å²) in [6, 6.07) is 5.68. The Morgan fingerprint density at radius 3 is 3.00 bits per heavy atom. The highest BCUT2D eigenvalue weighted by atomic mass is 16.5. The van der Waals surface area contributed by atoms with Crippen molar-refractivity contribution in [2.75, 3.05) is 6.54 Å². The van der Waals surface area contributed by atoms with Gasteiger partial charge >= 0.3 is 5.63 Å². The Morgan fingerprint density at radius 1 is 1.50 bits per heavy atom. The molecule has 0 fully saturated rings. The van der Waals surface area contributed by atoms with Crippen molar-refractivity contribution < 1.29 is 4.52 Å². The van der Waals surface area contributed by atoms with E-state index in [1.807, 2.05) is 18.2 Å². The summed E-state index contributed by atoms with van der Waals surface area (Å²) in [5.74, 6) is 0. The summed E-state index contributed by atoms with van der Waals surface area (Å²) in [6.07, 6.45) is 0.701. The third-order valence-corrected chi connectivity index (χ3v) is 2.31. The van der Waals surface area contributed by atoms with Crippen LogP contribution in [-0.4, -0.2) is 11.3 Å². The molecule has 1 aromatic heterocycles. The Bertz CT molecular complexity index is 510. The van der Waals surface area contributed by atoms with Crippen LogP contribution in [0, 0.1) is 0 Å². The van der Waals surface area contributed by atoms with Crippen LogP contribution in [0.5, 0.6) is 0 Å². The van der Waals surface area contributed by atoms with Gasteiger partial charge in [-0.3, -0.25) is 0 Å². The fraction of sp³-hybridized carbons (Fsp3) is 0.300. The summed E-state index contributed by atoms with van der Waals surface area (Å²) in [4.78, 5) is 11.5. The molecule has 0 bridgehead atoms. The molecule has 0 aliphatic heterocycles. The van der Waals surface area contributed by atoms with Crippen molar-refractivity contribution in [3.8, 4) is 0 Å². The second kappa shape index (κ2) is 3.31. The number of hydrogen-bond donors (Lipinski definition) is 1. The molecule has 4 nitrogen and oxygen atoms in total. The van der Waals surface area contributed by atoms with Crippen LogP contribution in [0.1, 0.15) is 5.56 Å². The molecule has 0 unspecified atom stereocenters. The highest BCUT2D eigenvalue weighted by Gasteiger charge is 2.09. The molecule has 2 N–H and O–H groups in total. The van der Waals surface area contributed by atoms with E-state index in [1.165, 1.54) is 4.74 Å².